The number of rotatable bonds is 7. The molecular weight excluding hydrogens is 360 g/mol. The third-order valence-corrected chi connectivity index (χ3v) is 4.76. The number of hydrogen-bond donors (Lipinski definition) is 2. The highest BCUT2D eigenvalue weighted by molar-refractivity contribution is 6.08. The van der Waals surface area contributed by atoms with Crippen molar-refractivity contribution in [3.05, 3.63) is 59.5 Å². The molecule has 1 atom stereocenters. The molecule has 0 saturated carbocycles. The molecule has 28 heavy (non-hydrogen) atoms. The summed E-state index contributed by atoms with van der Waals surface area (Å²) in [5, 5.41) is 3.50. The SMILES string of the molecule is CC[C@]1(c2ccccc2)NC(=O)N(NC(=O)CN(C)Cc2ccc(C)o2)C1=O. The van der Waals surface area contributed by atoms with Crippen LogP contribution in [0.15, 0.2) is 46.9 Å². The van der Waals surface area contributed by atoms with Gasteiger partial charge in [0.2, 0.25) is 0 Å². The summed E-state index contributed by atoms with van der Waals surface area (Å²) in [6.07, 6.45) is 0.367. The molecule has 8 nitrogen and oxygen atoms in total. The van der Waals surface area contributed by atoms with Crippen molar-refractivity contribution in [2.75, 3.05) is 13.6 Å². The lowest BCUT2D eigenvalue weighted by Crippen LogP contribution is -2.50. The first-order valence-corrected chi connectivity index (χ1v) is 9.11. The van der Waals surface area contributed by atoms with Gasteiger partial charge in [-0.05, 0) is 38.1 Å². The van der Waals surface area contributed by atoms with Gasteiger partial charge in [-0.3, -0.25) is 19.9 Å². The topological polar surface area (TPSA) is 94.9 Å². The van der Waals surface area contributed by atoms with Crippen molar-refractivity contribution in [2.45, 2.75) is 32.4 Å². The van der Waals surface area contributed by atoms with Gasteiger partial charge in [0.25, 0.3) is 11.8 Å². The molecule has 0 aliphatic carbocycles. The zero-order valence-corrected chi connectivity index (χ0v) is 16.2. The molecule has 0 spiro atoms. The van der Waals surface area contributed by atoms with Gasteiger partial charge in [0.1, 0.15) is 17.1 Å². The summed E-state index contributed by atoms with van der Waals surface area (Å²) in [7, 11) is 1.75. The van der Waals surface area contributed by atoms with E-state index >= 15 is 0 Å². The van der Waals surface area contributed by atoms with Crippen molar-refractivity contribution < 1.29 is 18.8 Å². The lowest BCUT2D eigenvalue weighted by Gasteiger charge is -2.25. The normalized spacial score (nSPS) is 19.2. The van der Waals surface area contributed by atoms with Crippen LogP contribution in [0.2, 0.25) is 0 Å². The first kappa shape index (κ1) is 19.6. The third-order valence-electron chi connectivity index (χ3n) is 4.76. The van der Waals surface area contributed by atoms with Crippen LogP contribution >= 0.6 is 0 Å². The zero-order chi connectivity index (χ0) is 20.3. The maximum absolute atomic E-state index is 13.0. The number of urea groups is 1. The van der Waals surface area contributed by atoms with Crippen LogP contribution in [0.4, 0.5) is 4.79 Å². The average Bonchev–Trinajstić information content (AvgIpc) is 3.18. The maximum atomic E-state index is 13.0. The van der Waals surface area contributed by atoms with Crippen LogP contribution in [0.5, 0.6) is 0 Å². The molecule has 0 radical (unpaired) electrons. The van der Waals surface area contributed by atoms with Crippen molar-refractivity contribution in [3.63, 3.8) is 0 Å². The fourth-order valence-corrected chi connectivity index (χ4v) is 3.34. The van der Waals surface area contributed by atoms with Crippen LogP contribution in [0.1, 0.15) is 30.4 Å². The van der Waals surface area contributed by atoms with Crippen LogP contribution in [-0.4, -0.2) is 41.3 Å². The highest BCUT2D eigenvalue weighted by Gasteiger charge is 2.52. The maximum Gasteiger partial charge on any atom is 0.344 e. The molecule has 2 N–H and O–H groups in total. The van der Waals surface area contributed by atoms with Crippen LogP contribution in [0.3, 0.4) is 0 Å². The lowest BCUT2D eigenvalue weighted by atomic mass is 9.87. The minimum absolute atomic E-state index is 0.00126. The second kappa shape index (κ2) is 7.85. The van der Waals surface area contributed by atoms with Crippen molar-refractivity contribution >= 4 is 17.8 Å². The Kier molecular flexibility index (Phi) is 5.51. The number of amides is 4. The second-order valence-corrected chi connectivity index (χ2v) is 6.92. The third kappa shape index (κ3) is 3.77. The van der Waals surface area contributed by atoms with Gasteiger partial charge in [0.15, 0.2) is 0 Å². The van der Waals surface area contributed by atoms with E-state index in [0.717, 1.165) is 16.5 Å². The molecule has 2 aromatic rings. The van der Waals surface area contributed by atoms with Gasteiger partial charge in [-0.25, -0.2) is 4.79 Å². The van der Waals surface area contributed by atoms with E-state index < -0.39 is 23.4 Å². The number of furan rings is 1. The summed E-state index contributed by atoms with van der Waals surface area (Å²) in [5.74, 6) is 0.568. The van der Waals surface area contributed by atoms with Gasteiger partial charge >= 0.3 is 6.03 Å². The van der Waals surface area contributed by atoms with E-state index in [9.17, 15) is 14.4 Å². The summed E-state index contributed by atoms with van der Waals surface area (Å²) >= 11 is 0. The summed E-state index contributed by atoms with van der Waals surface area (Å²) in [6, 6.07) is 12.1. The molecule has 1 aromatic heterocycles. The van der Waals surface area contributed by atoms with Crippen LogP contribution < -0.4 is 10.7 Å². The number of hydrogen-bond acceptors (Lipinski definition) is 5. The van der Waals surface area contributed by atoms with E-state index in [4.69, 9.17) is 4.42 Å². The first-order chi connectivity index (χ1) is 13.4. The molecule has 8 heteroatoms. The molecule has 1 fully saturated rings. The van der Waals surface area contributed by atoms with Gasteiger partial charge < -0.3 is 9.73 Å². The first-order valence-electron chi connectivity index (χ1n) is 9.11. The Morgan fingerprint density at radius 3 is 2.54 bits per heavy atom. The van der Waals surface area contributed by atoms with Crippen LogP contribution in [-0.2, 0) is 21.7 Å². The van der Waals surface area contributed by atoms with Crippen molar-refractivity contribution in [1.82, 2.24) is 20.7 Å². The number of aryl methyl sites for hydroxylation is 1. The monoisotopic (exact) mass is 384 g/mol. The quantitative estimate of drug-likeness (QED) is 0.711. The van der Waals surface area contributed by atoms with Gasteiger partial charge in [-0.2, -0.15) is 5.01 Å². The molecule has 1 aromatic carbocycles. The second-order valence-electron chi connectivity index (χ2n) is 6.92. The number of nitrogens with one attached hydrogen (secondary N) is 2. The number of benzene rings is 1. The Morgan fingerprint density at radius 1 is 1.21 bits per heavy atom. The van der Waals surface area contributed by atoms with Gasteiger partial charge in [-0.1, -0.05) is 37.3 Å². The summed E-state index contributed by atoms with van der Waals surface area (Å²) in [4.78, 5) is 39.5. The number of likely N-dealkylation sites (N-methyl/N-ethyl adjacent to an activating group) is 1. The van der Waals surface area contributed by atoms with E-state index in [-0.39, 0.29) is 6.54 Å². The molecule has 1 aliphatic heterocycles. The standard InChI is InChI=1S/C20H24N4O4/c1-4-20(15-8-6-5-7-9-15)18(26)24(19(27)21-20)22-17(25)13-23(3)12-16-11-10-14(2)28-16/h5-11H,4,12-13H2,1-3H3,(H,21,27)(H,22,25)/t20-/m1/s1. The Morgan fingerprint density at radius 2 is 1.93 bits per heavy atom. The van der Waals surface area contributed by atoms with Crippen molar-refractivity contribution in [1.29, 1.82) is 0 Å². The van der Waals surface area contributed by atoms with Gasteiger partial charge in [0.05, 0.1) is 13.1 Å². The molecule has 0 bridgehead atoms. The number of imide groups is 1. The van der Waals surface area contributed by atoms with E-state index in [2.05, 4.69) is 10.7 Å². The summed E-state index contributed by atoms with van der Waals surface area (Å²) in [5.41, 5.74) is 1.92. The highest BCUT2D eigenvalue weighted by atomic mass is 16.3. The van der Waals surface area contributed by atoms with E-state index in [1.54, 1.807) is 36.2 Å². The zero-order valence-electron chi connectivity index (χ0n) is 16.2. The minimum atomic E-state index is -1.18. The smallest absolute Gasteiger partial charge is 0.344 e. The molecule has 1 aliphatic rings. The number of hydrazine groups is 1. The van der Waals surface area contributed by atoms with Crippen molar-refractivity contribution in [2.24, 2.45) is 0 Å². The molecule has 148 valence electrons. The largest absolute Gasteiger partial charge is 0.465 e. The number of carbonyl (C=O) groups excluding carboxylic acids is 3. The predicted molar refractivity (Wildman–Crippen MR) is 102 cm³/mol. The molecule has 3 rings (SSSR count). The predicted octanol–water partition coefficient (Wildman–Crippen LogP) is 1.91. The summed E-state index contributed by atoms with van der Waals surface area (Å²) < 4.78 is 5.49. The molecule has 0 unspecified atom stereocenters. The Hall–Kier alpha value is -3.13. The number of carbonyl (C=O) groups is 3. The minimum Gasteiger partial charge on any atom is -0.465 e. The van der Waals surface area contributed by atoms with Gasteiger partial charge in [0, 0.05) is 0 Å². The van der Waals surface area contributed by atoms with Crippen LogP contribution in [0, 0.1) is 6.92 Å². The summed E-state index contributed by atoms with van der Waals surface area (Å²) in [6.45, 7) is 4.10. The Balaban J connectivity index is 1.66. The van der Waals surface area contributed by atoms with E-state index in [1.165, 1.54) is 0 Å². The van der Waals surface area contributed by atoms with E-state index in [0.29, 0.717) is 18.5 Å². The van der Waals surface area contributed by atoms with Crippen molar-refractivity contribution in [3.8, 4) is 0 Å². The fourth-order valence-electron chi connectivity index (χ4n) is 3.34. The molecule has 2 heterocycles. The Labute approximate surface area is 163 Å². The molecular formula is C20H24N4O4. The highest BCUT2D eigenvalue weighted by Crippen LogP contribution is 2.31. The Bertz CT molecular complexity index is 879. The number of nitrogens with zero attached hydrogens (tertiary/aromatic N) is 2. The fraction of sp³-hybridized carbons (Fsp3) is 0.350. The molecule has 1 saturated heterocycles. The average molecular weight is 384 g/mol. The van der Waals surface area contributed by atoms with E-state index in [1.807, 2.05) is 32.0 Å². The van der Waals surface area contributed by atoms with Crippen LogP contribution in [0.25, 0.3) is 0 Å². The molecule has 4 amide bonds. The van der Waals surface area contributed by atoms with Gasteiger partial charge in [-0.15, -0.1) is 0 Å². The lowest BCUT2D eigenvalue weighted by molar-refractivity contribution is -0.139.